The molecule has 4 heterocycles. The molecule has 2 spiro atoms. The van der Waals surface area contributed by atoms with E-state index in [1.54, 1.807) is 73.4 Å². The minimum atomic E-state index is -3.89. The normalized spacial score (nSPS) is 18.4. The highest BCUT2D eigenvalue weighted by atomic mass is 32.2. The van der Waals surface area contributed by atoms with E-state index in [4.69, 9.17) is 18.9 Å². The largest absolute Gasteiger partial charge is 0.479 e. The van der Waals surface area contributed by atoms with E-state index in [1.165, 1.54) is 16.4 Å². The second-order valence-electron chi connectivity index (χ2n) is 44.7. The van der Waals surface area contributed by atoms with Crippen LogP contribution in [0.25, 0.3) is 50.1 Å². The van der Waals surface area contributed by atoms with Crippen LogP contribution >= 0.6 is 0 Å². The SMILES string of the molecule is CC1=C(c2ccc(C)cc2)C([C@H](OC(C)(C)C)C(=O)O)=C(C)C2C1c1ccccc1CN(C)S2(=O)=O.CCCN1c2c(C)c(-c3ccc(C)cc3)c([C@H](OC(C)(C)C)C(=O)O)c(C)c2NC(=O)C12CCCCC2.CCNC(=O)N1c2c(C)c(-c3ccc(C)cc3)c([C@H](OC(C)(C)C)C(=O)O)c(C)c2NC(=O)C12CCCCC2.Cc1ccc(-c2c(C)c3c(c(C)c2[C@H](OC(C)(C)C)C(=O)O)NS(=O)(=O)Cc2cc(F)ccc2-3)cc1. The third kappa shape index (κ3) is 23.1. The van der Waals surface area contributed by atoms with E-state index in [0.29, 0.717) is 103 Å². The second-order valence-corrected chi connectivity index (χ2v) is 48.6. The van der Waals surface area contributed by atoms with Crippen LogP contribution in [0, 0.1) is 75.1 Å². The van der Waals surface area contributed by atoms with Crippen molar-refractivity contribution in [1.29, 1.82) is 0 Å². The summed E-state index contributed by atoms with van der Waals surface area (Å²) in [5.74, 6) is -6.04. The molecule has 4 aliphatic heterocycles. The predicted octanol–water partition coefficient (Wildman–Crippen LogP) is 25.1. The van der Waals surface area contributed by atoms with Crippen molar-refractivity contribution in [3.63, 3.8) is 0 Å². The number of hydrogen-bond donors (Lipinski definition) is 8. The molecule has 2 fully saturated rings. The van der Waals surface area contributed by atoms with Gasteiger partial charge in [-0.05, 0) is 323 Å². The highest BCUT2D eigenvalue weighted by molar-refractivity contribution is 7.92. The average molecular weight is 2060 g/mol. The monoisotopic (exact) mass is 2060 g/mol. The maximum absolute atomic E-state index is 14.1. The number of nitrogens with zero attached hydrogens (tertiary/aromatic N) is 3. The van der Waals surface area contributed by atoms with E-state index >= 15 is 0 Å². The molecule has 792 valence electrons. The molecule has 4 amide bonds. The lowest BCUT2D eigenvalue weighted by Gasteiger charge is -2.51. The Bertz CT molecular complexity index is 6970. The molecule has 0 aromatic heterocycles. The molecule has 26 nitrogen and oxygen atoms in total. The van der Waals surface area contributed by atoms with Gasteiger partial charge in [-0.3, -0.25) is 19.2 Å². The van der Waals surface area contributed by atoms with Gasteiger partial charge in [0.05, 0.1) is 56.6 Å². The summed E-state index contributed by atoms with van der Waals surface area (Å²) < 4.78 is 96.7. The minimum absolute atomic E-state index is 0.0355. The fourth-order valence-electron chi connectivity index (χ4n) is 22.7. The van der Waals surface area contributed by atoms with Crippen LogP contribution in [0.2, 0.25) is 0 Å². The fourth-order valence-corrected chi connectivity index (χ4v) is 26.0. The molecule has 0 bridgehead atoms. The van der Waals surface area contributed by atoms with Gasteiger partial charge in [-0.1, -0.05) is 201 Å². The standard InChI is InChI=1S/C31H41N3O5.C31H42N2O4.C29H35NO5S.C28H30FNO5S/c1-8-32-29(38)34-25-20(4)22(21-14-12-18(2)13-15-21)23(26(27(35)36)39-30(5,6)7)19(3)24(25)33-28(37)31(34)16-10-9-11-17-31;1-8-18-33-26-21(4)23(22-14-12-19(2)13-15-22)24(27(28(34)35)37-30(5,6)7)20(3)25(26)32-29(36)31(33)16-10-9-11-17-31;1-17-12-14-20(15-13-17)23-18(2)24-22-11-9-8-10-21(22)16-30(7)36(33,34)27(24)19(3)25(23)26(28(31)32)35-29(4,5)6;1-15-7-9-18(10-8-15)22-16(2)23-21-12-11-20(29)13-19(21)14-36(33,34)30-25(23)17(3)24(22)26(27(31)32)35-28(4,5)6/h12-15,26H,8-11,16-17H2,1-7H3,(H,32,38)(H,33,37)(H,35,36);12-15,27H,8-11,16-18H2,1-7H3,(H,32,36)(H,34,35);8-15,24,26-27H,16H2,1-7H3,(H,31,32);7-13,26,30H,14H2,1-6H3,(H,31,32)/t26-;27-;24?,26-,27?;26-/m0000/s1. The molecule has 148 heavy (non-hydrogen) atoms. The number of benzene rings is 9. The first-order valence-electron chi connectivity index (χ1n) is 51.3. The maximum atomic E-state index is 14.1. The molecule has 9 aromatic carbocycles. The van der Waals surface area contributed by atoms with Crippen LogP contribution in [0.4, 0.5) is 37.6 Å². The summed E-state index contributed by atoms with van der Waals surface area (Å²) in [6.45, 7) is 50.2. The first-order valence-corrected chi connectivity index (χ1v) is 54.5. The molecule has 7 aliphatic rings. The number of ether oxygens (including phenoxy) is 4. The molecule has 8 N–H and O–H groups in total. The Morgan fingerprint density at radius 2 is 0.845 bits per heavy atom. The number of aliphatic carboxylic acids is 4. The zero-order valence-electron chi connectivity index (χ0n) is 90.8. The summed E-state index contributed by atoms with van der Waals surface area (Å²) in [4.78, 5) is 96.1. The number of sulfonamides is 2. The lowest BCUT2D eigenvalue weighted by Crippen LogP contribution is -2.65. The Morgan fingerprint density at radius 3 is 1.26 bits per heavy atom. The van der Waals surface area contributed by atoms with Crippen molar-refractivity contribution in [3.05, 3.63) is 257 Å². The Hall–Kier alpha value is -12.2. The van der Waals surface area contributed by atoms with Crippen LogP contribution in [0.15, 0.2) is 156 Å². The predicted molar refractivity (Wildman–Crippen MR) is 584 cm³/mol. The number of anilines is 5. The summed E-state index contributed by atoms with van der Waals surface area (Å²) in [7, 11) is -6.10. The van der Waals surface area contributed by atoms with E-state index in [-0.39, 0.29) is 30.1 Å². The summed E-state index contributed by atoms with van der Waals surface area (Å²) >= 11 is 0. The van der Waals surface area contributed by atoms with Crippen LogP contribution in [-0.2, 0) is 80.1 Å². The van der Waals surface area contributed by atoms with Gasteiger partial charge in [0.2, 0.25) is 26.0 Å². The molecule has 9 aromatic rings. The molecule has 2 saturated carbocycles. The van der Waals surface area contributed by atoms with Gasteiger partial charge in [0.1, 0.15) is 22.1 Å². The smallest absolute Gasteiger partial charge is 0.337 e. The van der Waals surface area contributed by atoms with Gasteiger partial charge in [-0.25, -0.2) is 49.5 Å². The zero-order chi connectivity index (χ0) is 109. The number of carboxylic acids is 4. The summed E-state index contributed by atoms with van der Waals surface area (Å²) in [6, 6.07) is 43.4. The number of urea groups is 1. The number of carbonyl (C=O) groups excluding carboxylic acids is 3. The number of hydrogen-bond acceptors (Lipinski definition) is 16. The molecular formula is C119H148FN7O19S2. The molecule has 6 atom stereocenters. The topological polar surface area (TPSA) is 363 Å². The first kappa shape index (κ1) is 113. The molecule has 2 unspecified atom stereocenters. The van der Waals surface area contributed by atoms with E-state index in [1.807, 2.05) is 208 Å². The number of nitrogens with one attached hydrogen (secondary N) is 4. The van der Waals surface area contributed by atoms with Crippen molar-refractivity contribution in [2.75, 3.05) is 45.3 Å². The number of carbonyl (C=O) groups is 7. The lowest BCUT2D eigenvalue weighted by atomic mass is 9.72. The lowest BCUT2D eigenvalue weighted by molar-refractivity contribution is -0.161. The molecule has 29 heteroatoms. The van der Waals surface area contributed by atoms with Crippen LogP contribution in [-0.4, -0.2) is 148 Å². The zero-order valence-corrected chi connectivity index (χ0v) is 92.4. The van der Waals surface area contributed by atoms with Crippen molar-refractivity contribution in [3.8, 4) is 44.5 Å². The van der Waals surface area contributed by atoms with Gasteiger partial charge < -0.3 is 60.2 Å². The Morgan fingerprint density at radius 1 is 0.459 bits per heavy atom. The molecule has 0 saturated heterocycles. The van der Waals surface area contributed by atoms with Crippen molar-refractivity contribution < 1.29 is 94.2 Å². The second kappa shape index (κ2) is 43.8. The van der Waals surface area contributed by atoms with E-state index in [0.717, 1.165) is 165 Å². The van der Waals surface area contributed by atoms with Gasteiger partial charge in [-0.15, -0.1) is 0 Å². The van der Waals surface area contributed by atoms with Crippen molar-refractivity contribution in [2.45, 2.75) is 332 Å². The quantitative estimate of drug-likeness (QED) is 0.0373. The minimum Gasteiger partial charge on any atom is -0.479 e. The fraction of sp³-hybridized carbons (Fsp3) is 0.454. The highest BCUT2D eigenvalue weighted by Gasteiger charge is 2.56. The van der Waals surface area contributed by atoms with Crippen molar-refractivity contribution >= 4 is 95.8 Å². The average Bonchev–Trinajstić information content (AvgIpc) is 0.933. The summed E-state index contributed by atoms with van der Waals surface area (Å²) in [5.41, 5.74) is 20.2. The number of halogens is 1. The third-order valence-electron chi connectivity index (χ3n) is 29.1. The van der Waals surface area contributed by atoms with Gasteiger partial charge in [0.15, 0.2) is 24.4 Å². The van der Waals surface area contributed by atoms with Crippen molar-refractivity contribution in [2.24, 2.45) is 0 Å². The van der Waals surface area contributed by atoms with E-state index in [2.05, 4.69) is 63.7 Å². The maximum Gasteiger partial charge on any atom is 0.337 e. The summed E-state index contributed by atoms with van der Waals surface area (Å²) in [6.07, 6.45) is 4.51. The van der Waals surface area contributed by atoms with Crippen LogP contribution in [0.1, 0.15) is 300 Å². The van der Waals surface area contributed by atoms with E-state index < -0.39 is 125 Å². The van der Waals surface area contributed by atoms with Crippen LogP contribution in [0.3, 0.4) is 0 Å². The van der Waals surface area contributed by atoms with Gasteiger partial charge in [0, 0.05) is 60.4 Å². The number of fused-ring (bicyclic) bond motifs is 8. The summed E-state index contributed by atoms with van der Waals surface area (Å²) in [5, 5.41) is 49.8. The third-order valence-corrected chi connectivity index (χ3v) is 32.6. The Kier molecular flexibility index (Phi) is 33.4. The van der Waals surface area contributed by atoms with Crippen molar-refractivity contribution in [1.82, 2.24) is 9.62 Å². The van der Waals surface area contributed by atoms with Gasteiger partial charge >= 0.3 is 29.9 Å². The number of allylic oxidation sites excluding steroid dienone is 1. The van der Waals surface area contributed by atoms with Gasteiger partial charge in [0.25, 0.3) is 5.91 Å². The number of rotatable bonds is 19. The van der Waals surface area contributed by atoms with E-state index in [9.17, 15) is 75.2 Å². The first-order chi connectivity index (χ1) is 69.1. The Balaban J connectivity index is 0.000000165. The van der Waals surface area contributed by atoms with Crippen LogP contribution < -0.4 is 30.5 Å². The Labute approximate surface area is 872 Å². The number of amides is 4. The molecule has 3 aliphatic carbocycles. The molecule has 16 rings (SSSR count). The molecule has 0 radical (unpaired) electrons. The molecular weight excluding hydrogens is 1910 g/mol. The number of carboxylic acid groups (broad SMARTS) is 4. The number of aryl methyl sites for hydroxylation is 4. The highest BCUT2D eigenvalue weighted by Crippen LogP contribution is 2.58. The van der Waals surface area contributed by atoms with Crippen LogP contribution in [0.5, 0.6) is 0 Å². The van der Waals surface area contributed by atoms with Gasteiger partial charge in [-0.2, -0.15) is 0 Å².